The highest BCUT2D eigenvalue weighted by atomic mass is 16.3. The number of aliphatic hydroxyl groups excluding tert-OH is 1. The second kappa shape index (κ2) is 12.0. The maximum atomic E-state index is 13.9. The molecule has 1 aromatic heterocycles. The Hall–Kier alpha value is -4.09. The summed E-state index contributed by atoms with van der Waals surface area (Å²) in [7, 11) is 0. The SMILES string of the molecule is Cc1cc(C)c(C(=O)N2CCN(c3ccccn3)[C@H](CO)C2)c(C)c1NC1CCN(c2ccccc2C#N)CC1. The molecule has 0 spiro atoms. The van der Waals surface area contributed by atoms with Crippen LogP contribution in [0.4, 0.5) is 17.2 Å². The van der Waals surface area contributed by atoms with Crippen molar-refractivity contribution >= 4 is 23.1 Å². The molecule has 1 atom stereocenters. The average molecular weight is 539 g/mol. The van der Waals surface area contributed by atoms with Crippen LogP contribution >= 0.6 is 0 Å². The Bertz CT molecular complexity index is 1390. The molecule has 1 amide bonds. The lowest BCUT2D eigenvalue weighted by atomic mass is 9.94. The highest BCUT2D eigenvalue weighted by Gasteiger charge is 2.32. The number of rotatable bonds is 6. The number of benzene rings is 2. The fourth-order valence-electron chi connectivity index (χ4n) is 6.23. The van der Waals surface area contributed by atoms with Gasteiger partial charge in [0.1, 0.15) is 11.9 Å². The largest absolute Gasteiger partial charge is 0.394 e. The van der Waals surface area contributed by atoms with Crippen molar-refractivity contribution in [2.75, 3.05) is 54.4 Å². The Morgan fingerprint density at radius 1 is 1.05 bits per heavy atom. The molecule has 0 bridgehead atoms. The van der Waals surface area contributed by atoms with E-state index in [1.165, 1.54) is 0 Å². The van der Waals surface area contributed by atoms with Gasteiger partial charge in [0.05, 0.1) is 23.9 Å². The minimum absolute atomic E-state index is 0.0140. The van der Waals surface area contributed by atoms with Crippen LogP contribution in [0.15, 0.2) is 54.7 Å². The summed E-state index contributed by atoms with van der Waals surface area (Å²) in [5.41, 5.74) is 6.59. The molecule has 3 heterocycles. The molecule has 2 fully saturated rings. The van der Waals surface area contributed by atoms with E-state index in [9.17, 15) is 15.2 Å². The lowest BCUT2D eigenvalue weighted by Gasteiger charge is -2.41. The zero-order chi connectivity index (χ0) is 28.2. The predicted octanol–water partition coefficient (Wildman–Crippen LogP) is 4.28. The highest BCUT2D eigenvalue weighted by molar-refractivity contribution is 5.99. The van der Waals surface area contributed by atoms with Crippen molar-refractivity contribution in [2.24, 2.45) is 0 Å². The number of pyridine rings is 1. The summed E-state index contributed by atoms with van der Waals surface area (Å²) in [6, 6.07) is 18.1. The molecule has 0 radical (unpaired) electrons. The molecule has 0 saturated carbocycles. The number of aryl methyl sites for hydroxylation is 2. The highest BCUT2D eigenvalue weighted by Crippen LogP contribution is 2.32. The fourth-order valence-corrected chi connectivity index (χ4v) is 6.23. The van der Waals surface area contributed by atoms with Crippen molar-refractivity contribution in [1.82, 2.24) is 9.88 Å². The quantitative estimate of drug-likeness (QED) is 0.484. The van der Waals surface area contributed by atoms with Gasteiger partial charge < -0.3 is 25.1 Å². The molecule has 8 nitrogen and oxygen atoms in total. The maximum Gasteiger partial charge on any atom is 0.254 e. The van der Waals surface area contributed by atoms with Crippen molar-refractivity contribution in [3.63, 3.8) is 0 Å². The Labute approximate surface area is 236 Å². The molecular weight excluding hydrogens is 500 g/mol. The van der Waals surface area contributed by atoms with Gasteiger partial charge in [-0.25, -0.2) is 4.98 Å². The molecule has 2 aliphatic rings. The van der Waals surface area contributed by atoms with Crippen molar-refractivity contribution in [3.05, 3.63) is 82.5 Å². The zero-order valence-corrected chi connectivity index (χ0v) is 23.6. The first-order valence-corrected chi connectivity index (χ1v) is 14.1. The smallest absolute Gasteiger partial charge is 0.254 e. The van der Waals surface area contributed by atoms with Gasteiger partial charge in [-0.05, 0) is 74.6 Å². The Balaban J connectivity index is 1.30. The second-order valence-corrected chi connectivity index (χ2v) is 10.9. The van der Waals surface area contributed by atoms with Gasteiger partial charge in [-0.3, -0.25) is 4.79 Å². The van der Waals surface area contributed by atoms with Crippen LogP contribution in [0.1, 0.15) is 45.5 Å². The number of piperazine rings is 1. The van der Waals surface area contributed by atoms with Crippen molar-refractivity contribution in [1.29, 1.82) is 5.26 Å². The lowest BCUT2D eigenvalue weighted by Crippen LogP contribution is -2.56. The minimum Gasteiger partial charge on any atom is -0.394 e. The molecule has 0 aliphatic carbocycles. The molecule has 3 aromatic rings. The van der Waals surface area contributed by atoms with Crippen LogP contribution in [-0.4, -0.2) is 72.3 Å². The summed E-state index contributed by atoms with van der Waals surface area (Å²) in [5.74, 6) is 0.838. The maximum absolute atomic E-state index is 13.9. The van der Waals surface area contributed by atoms with Gasteiger partial charge in [0.15, 0.2) is 0 Å². The molecule has 2 N–H and O–H groups in total. The van der Waals surface area contributed by atoms with Crippen molar-refractivity contribution < 1.29 is 9.90 Å². The lowest BCUT2D eigenvalue weighted by molar-refractivity contribution is 0.0697. The number of nitriles is 1. The van der Waals surface area contributed by atoms with Crippen LogP contribution in [0.5, 0.6) is 0 Å². The Kier molecular flexibility index (Phi) is 8.22. The van der Waals surface area contributed by atoms with Crippen LogP contribution in [-0.2, 0) is 0 Å². The third-order valence-electron chi connectivity index (χ3n) is 8.32. The number of piperidine rings is 1. The number of carbonyl (C=O) groups is 1. The van der Waals surface area contributed by atoms with E-state index >= 15 is 0 Å². The fraction of sp³-hybridized carbons (Fsp3) is 0.406. The molecule has 2 aromatic carbocycles. The monoisotopic (exact) mass is 538 g/mol. The first-order valence-electron chi connectivity index (χ1n) is 14.1. The van der Waals surface area contributed by atoms with Crippen LogP contribution in [0.3, 0.4) is 0 Å². The molecule has 8 heteroatoms. The number of carbonyl (C=O) groups excluding carboxylic acids is 1. The van der Waals surface area contributed by atoms with Crippen LogP contribution in [0.2, 0.25) is 0 Å². The van der Waals surface area contributed by atoms with E-state index in [0.29, 0.717) is 25.2 Å². The minimum atomic E-state index is -0.201. The van der Waals surface area contributed by atoms with Gasteiger partial charge in [0, 0.05) is 56.2 Å². The van der Waals surface area contributed by atoms with E-state index in [-0.39, 0.29) is 24.6 Å². The van der Waals surface area contributed by atoms with E-state index in [2.05, 4.69) is 39.2 Å². The number of hydrogen-bond acceptors (Lipinski definition) is 7. The van der Waals surface area contributed by atoms with Crippen molar-refractivity contribution in [3.8, 4) is 6.07 Å². The first kappa shape index (κ1) is 27.5. The number of aliphatic hydroxyl groups is 1. The number of para-hydroxylation sites is 1. The predicted molar refractivity (Wildman–Crippen MR) is 159 cm³/mol. The topological polar surface area (TPSA) is 95.7 Å². The first-order chi connectivity index (χ1) is 19.4. The van der Waals surface area contributed by atoms with Gasteiger partial charge in [-0.15, -0.1) is 0 Å². The number of amides is 1. The third-order valence-corrected chi connectivity index (χ3v) is 8.32. The summed E-state index contributed by atoms with van der Waals surface area (Å²) >= 11 is 0. The molecule has 0 unspecified atom stereocenters. The number of hydrogen-bond donors (Lipinski definition) is 2. The number of anilines is 3. The van der Waals surface area contributed by atoms with E-state index in [1.807, 2.05) is 61.2 Å². The number of nitrogens with zero attached hydrogens (tertiary/aromatic N) is 5. The number of nitrogens with one attached hydrogen (secondary N) is 1. The van der Waals surface area contributed by atoms with Gasteiger partial charge in [0.25, 0.3) is 5.91 Å². The molecular formula is C32H38N6O2. The molecule has 208 valence electrons. The van der Waals surface area contributed by atoms with Crippen molar-refractivity contribution in [2.45, 2.75) is 45.7 Å². The van der Waals surface area contributed by atoms with Crippen LogP contribution < -0.4 is 15.1 Å². The van der Waals surface area contributed by atoms with E-state index in [1.54, 1.807) is 6.20 Å². The average Bonchev–Trinajstić information content (AvgIpc) is 2.99. The van der Waals surface area contributed by atoms with Gasteiger partial charge in [0.2, 0.25) is 0 Å². The van der Waals surface area contributed by atoms with E-state index in [4.69, 9.17) is 0 Å². The molecule has 2 saturated heterocycles. The number of aromatic nitrogens is 1. The Morgan fingerprint density at radius 2 is 1.80 bits per heavy atom. The summed E-state index contributed by atoms with van der Waals surface area (Å²) in [5, 5.41) is 23.4. The molecule has 2 aliphatic heterocycles. The van der Waals surface area contributed by atoms with E-state index < -0.39 is 0 Å². The Morgan fingerprint density at radius 3 is 2.50 bits per heavy atom. The third kappa shape index (κ3) is 5.47. The summed E-state index contributed by atoms with van der Waals surface area (Å²) < 4.78 is 0. The summed E-state index contributed by atoms with van der Waals surface area (Å²) in [6.07, 6.45) is 3.65. The summed E-state index contributed by atoms with van der Waals surface area (Å²) in [4.78, 5) is 24.6. The van der Waals surface area contributed by atoms with Crippen LogP contribution in [0, 0.1) is 32.1 Å². The van der Waals surface area contributed by atoms with Gasteiger partial charge in [-0.1, -0.05) is 24.3 Å². The van der Waals surface area contributed by atoms with Crippen LogP contribution in [0.25, 0.3) is 0 Å². The standard InChI is InChI=1S/C32H38N6O2/c1-22-18-23(2)31(35-26-11-14-36(15-12-26)28-9-5-4-8-25(28)19-33)24(3)30(22)32(40)37-16-17-38(27(20-37)21-39)29-10-6-7-13-34-29/h4-10,13,18,26-27,35,39H,11-12,14-17,20-21H2,1-3H3/t27-/m0/s1. The summed E-state index contributed by atoms with van der Waals surface area (Å²) in [6.45, 7) is 9.49. The van der Waals surface area contributed by atoms with E-state index in [0.717, 1.165) is 65.4 Å². The molecule has 40 heavy (non-hydrogen) atoms. The van der Waals surface area contributed by atoms with Gasteiger partial charge >= 0.3 is 0 Å². The zero-order valence-electron chi connectivity index (χ0n) is 23.6. The normalized spacial score (nSPS) is 18.0. The van der Waals surface area contributed by atoms with Gasteiger partial charge in [-0.2, -0.15) is 5.26 Å². The second-order valence-electron chi connectivity index (χ2n) is 10.9. The molecule has 5 rings (SSSR count).